The Hall–Kier alpha value is -1.72. The fourth-order valence-electron chi connectivity index (χ4n) is 4.47. The number of aliphatic hydroxyl groups is 2. The number of hydrogen-bond donors (Lipinski definition) is 2. The first kappa shape index (κ1) is 22.0. The predicted molar refractivity (Wildman–Crippen MR) is 114 cm³/mol. The lowest BCUT2D eigenvalue weighted by atomic mass is 9.69. The normalized spacial score (nSPS) is 25.7. The topological polar surface area (TPSA) is 58.9 Å². The third-order valence-corrected chi connectivity index (χ3v) is 6.20. The van der Waals surface area contributed by atoms with Crippen molar-refractivity contribution in [3.8, 4) is 0 Å². The van der Waals surface area contributed by atoms with Crippen molar-refractivity contribution in [3.05, 3.63) is 71.8 Å². The standard InChI is InChI=1S/C25H34O4/c1-17(2)24(26,19-13-9-7-10-14-19)21-22(29-23(5,6)28-21)25(27,18(3)4)20-15-11-8-12-16-20/h7-18,21-22,26-27H,1-6H3/t21-,22-,24-,25+/m0/s1. The van der Waals surface area contributed by atoms with Crippen LogP contribution in [0.25, 0.3) is 0 Å². The van der Waals surface area contributed by atoms with E-state index in [1.165, 1.54) is 0 Å². The molecule has 2 aromatic carbocycles. The van der Waals surface area contributed by atoms with Gasteiger partial charge in [0.15, 0.2) is 5.79 Å². The van der Waals surface area contributed by atoms with Crippen LogP contribution in [0.15, 0.2) is 60.7 Å². The second-order valence-corrected chi connectivity index (χ2v) is 9.17. The molecule has 0 bridgehead atoms. The van der Waals surface area contributed by atoms with Gasteiger partial charge in [-0.05, 0) is 36.8 Å². The molecule has 0 aromatic heterocycles. The second-order valence-electron chi connectivity index (χ2n) is 9.17. The van der Waals surface area contributed by atoms with Crippen molar-refractivity contribution in [3.63, 3.8) is 0 Å². The molecule has 4 atom stereocenters. The summed E-state index contributed by atoms with van der Waals surface area (Å²) in [6.07, 6.45) is -1.51. The summed E-state index contributed by atoms with van der Waals surface area (Å²) in [5, 5.41) is 24.1. The zero-order valence-corrected chi connectivity index (χ0v) is 18.3. The van der Waals surface area contributed by atoms with Gasteiger partial charge in [-0.2, -0.15) is 0 Å². The number of hydrogen-bond acceptors (Lipinski definition) is 4. The molecule has 0 unspecified atom stereocenters. The largest absolute Gasteiger partial charge is 0.382 e. The van der Waals surface area contributed by atoms with E-state index in [1.807, 2.05) is 102 Å². The molecule has 1 saturated heterocycles. The zero-order valence-electron chi connectivity index (χ0n) is 18.3. The van der Waals surface area contributed by atoms with E-state index in [9.17, 15) is 10.2 Å². The summed E-state index contributed by atoms with van der Waals surface area (Å²) in [5.74, 6) is -1.27. The quantitative estimate of drug-likeness (QED) is 0.747. The fraction of sp³-hybridized carbons (Fsp3) is 0.520. The summed E-state index contributed by atoms with van der Waals surface area (Å²) in [7, 11) is 0. The van der Waals surface area contributed by atoms with E-state index in [1.54, 1.807) is 0 Å². The Morgan fingerprint density at radius 3 is 1.28 bits per heavy atom. The molecule has 158 valence electrons. The highest BCUT2D eigenvalue weighted by Crippen LogP contribution is 2.50. The lowest BCUT2D eigenvalue weighted by Gasteiger charge is -2.45. The SMILES string of the molecule is CC(C)[C@](O)(c1ccccc1)[C@H]1OC(C)(C)O[C@@H]1[C@](O)(c1ccccc1)C(C)C. The molecule has 3 rings (SSSR count). The van der Waals surface area contributed by atoms with Crippen LogP contribution in [0.1, 0.15) is 52.7 Å². The average molecular weight is 399 g/mol. The van der Waals surface area contributed by atoms with Crippen LogP contribution in [0.4, 0.5) is 0 Å². The first-order chi connectivity index (χ1) is 13.5. The molecule has 4 heteroatoms. The molecule has 1 heterocycles. The van der Waals surface area contributed by atoms with Crippen LogP contribution in [0.5, 0.6) is 0 Å². The van der Waals surface area contributed by atoms with Gasteiger partial charge in [0.1, 0.15) is 23.4 Å². The van der Waals surface area contributed by atoms with E-state index < -0.39 is 29.2 Å². The molecule has 1 aliphatic rings. The molecule has 2 N–H and O–H groups in total. The molecule has 0 aliphatic carbocycles. The minimum atomic E-state index is -1.34. The fourth-order valence-corrected chi connectivity index (χ4v) is 4.47. The summed E-state index contributed by atoms with van der Waals surface area (Å²) < 4.78 is 12.7. The van der Waals surface area contributed by atoms with E-state index in [2.05, 4.69) is 0 Å². The van der Waals surface area contributed by atoms with Gasteiger partial charge < -0.3 is 19.7 Å². The van der Waals surface area contributed by atoms with Crippen LogP contribution in [0, 0.1) is 11.8 Å². The Balaban J connectivity index is 2.18. The molecule has 0 amide bonds. The molecular weight excluding hydrogens is 364 g/mol. The highest BCUT2D eigenvalue weighted by molar-refractivity contribution is 5.30. The van der Waals surface area contributed by atoms with Crippen molar-refractivity contribution in [2.45, 2.75) is 70.7 Å². The Morgan fingerprint density at radius 1 is 0.690 bits per heavy atom. The summed E-state index contributed by atoms with van der Waals surface area (Å²) in [6.45, 7) is 11.5. The maximum absolute atomic E-state index is 12.0. The minimum Gasteiger partial charge on any atom is -0.382 e. The highest BCUT2D eigenvalue weighted by Gasteiger charge is 2.61. The lowest BCUT2D eigenvalue weighted by molar-refractivity contribution is -0.185. The van der Waals surface area contributed by atoms with Crippen LogP contribution in [-0.4, -0.2) is 28.2 Å². The van der Waals surface area contributed by atoms with Crippen molar-refractivity contribution in [1.82, 2.24) is 0 Å². The molecule has 0 radical (unpaired) electrons. The van der Waals surface area contributed by atoms with Crippen LogP contribution < -0.4 is 0 Å². The van der Waals surface area contributed by atoms with Crippen molar-refractivity contribution in [2.24, 2.45) is 11.8 Å². The van der Waals surface area contributed by atoms with E-state index in [4.69, 9.17) is 9.47 Å². The van der Waals surface area contributed by atoms with Gasteiger partial charge in [-0.1, -0.05) is 88.4 Å². The van der Waals surface area contributed by atoms with E-state index >= 15 is 0 Å². The molecule has 2 aromatic rings. The molecule has 1 aliphatic heterocycles. The van der Waals surface area contributed by atoms with Crippen molar-refractivity contribution in [2.75, 3.05) is 0 Å². The first-order valence-corrected chi connectivity index (χ1v) is 10.4. The maximum atomic E-state index is 12.0. The van der Waals surface area contributed by atoms with E-state index in [0.29, 0.717) is 0 Å². The van der Waals surface area contributed by atoms with E-state index in [-0.39, 0.29) is 11.8 Å². The van der Waals surface area contributed by atoms with Crippen molar-refractivity contribution < 1.29 is 19.7 Å². The summed E-state index contributed by atoms with van der Waals surface area (Å²) in [4.78, 5) is 0. The third-order valence-electron chi connectivity index (χ3n) is 6.20. The number of rotatable bonds is 6. The lowest BCUT2D eigenvalue weighted by Crippen LogP contribution is -2.57. The van der Waals surface area contributed by atoms with Gasteiger partial charge in [0, 0.05) is 0 Å². The van der Waals surface area contributed by atoms with Crippen LogP contribution in [-0.2, 0) is 20.7 Å². The van der Waals surface area contributed by atoms with Gasteiger partial charge in [0.05, 0.1) is 0 Å². The van der Waals surface area contributed by atoms with Gasteiger partial charge in [-0.3, -0.25) is 0 Å². The summed E-state index contributed by atoms with van der Waals surface area (Å²) >= 11 is 0. The monoisotopic (exact) mass is 398 g/mol. The Labute approximate surface area is 174 Å². The number of ether oxygens (including phenoxy) is 2. The summed E-state index contributed by atoms with van der Waals surface area (Å²) in [6, 6.07) is 19.1. The van der Waals surface area contributed by atoms with Gasteiger partial charge in [0.2, 0.25) is 0 Å². The van der Waals surface area contributed by atoms with Gasteiger partial charge in [0.25, 0.3) is 0 Å². The maximum Gasteiger partial charge on any atom is 0.164 e. The van der Waals surface area contributed by atoms with Crippen molar-refractivity contribution >= 4 is 0 Å². The first-order valence-electron chi connectivity index (χ1n) is 10.4. The zero-order chi connectivity index (χ0) is 21.4. The Kier molecular flexibility index (Phi) is 5.94. The van der Waals surface area contributed by atoms with E-state index in [0.717, 1.165) is 11.1 Å². The Bertz CT molecular complexity index is 735. The predicted octanol–water partition coefficient (Wildman–Crippen LogP) is 4.59. The van der Waals surface area contributed by atoms with Gasteiger partial charge in [-0.25, -0.2) is 0 Å². The van der Waals surface area contributed by atoms with Gasteiger partial charge >= 0.3 is 0 Å². The Morgan fingerprint density at radius 2 is 1.00 bits per heavy atom. The van der Waals surface area contributed by atoms with Crippen LogP contribution in [0.3, 0.4) is 0 Å². The molecule has 1 fully saturated rings. The molecule has 0 saturated carbocycles. The van der Waals surface area contributed by atoms with Crippen molar-refractivity contribution in [1.29, 1.82) is 0 Å². The third kappa shape index (κ3) is 3.75. The van der Waals surface area contributed by atoms with Crippen LogP contribution >= 0.6 is 0 Å². The highest BCUT2D eigenvalue weighted by atomic mass is 16.8. The van der Waals surface area contributed by atoms with Gasteiger partial charge in [-0.15, -0.1) is 0 Å². The average Bonchev–Trinajstić information content (AvgIpc) is 3.04. The molecule has 4 nitrogen and oxygen atoms in total. The molecule has 0 spiro atoms. The number of benzene rings is 2. The smallest absolute Gasteiger partial charge is 0.164 e. The second kappa shape index (κ2) is 7.84. The molecule has 29 heavy (non-hydrogen) atoms. The minimum absolute atomic E-state index is 0.165. The summed E-state index contributed by atoms with van der Waals surface area (Å²) in [5.41, 5.74) is -1.16. The molecular formula is C25H34O4. The van der Waals surface area contributed by atoms with Crippen LogP contribution in [0.2, 0.25) is 0 Å².